The maximum Gasteiger partial charge on any atom is 0.350 e. The molecule has 1 rings (SSSR count). The lowest BCUT2D eigenvalue weighted by Gasteiger charge is -2.15. The Kier molecular flexibility index (Phi) is 5.76. The number of aryl methyl sites for hydroxylation is 1. The van der Waals surface area contributed by atoms with E-state index in [1.165, 1.54) is 6.92 Å². The Labute approximate surface area is 118 Å². The van der Waals surface area contributed by atoms with Crippen molar-refractivity contribution in [1.82, 2.24) is 9.55 Å². The average molecular weight is 322 g/mol. The molecule has 0 amide bonds. The summed E-state index contributed by atoms with van der Waals surface area (Å²) in [5.41, 5.74) is -1.43. The lowest BCUT2D eigenvalue weighted by molar-refractivity contribution is 0.0224. The number of aromatic nitrogens is 2. The Hall–Kier alpha value is -1.58. The Balaban J connectivity index is 2.84. The van der Waals surface area contributed by atoms with Crippen LogP contribution in [0.1, 0.15) is 16.8 Å². The van der Waals surface area contributed by atoms with Crippen molar-refractivity contribution in [3.05, 3.63) is 32.6 Å². The lowest BCUT2D eigenvalue weighted by Crippen LogP contribution is -2.36. The molecule has 0 aliphatic rings. The van der Waals surface area contributed by atoms with Gasteiger partial charge >= 0.3 is 13.3 Å². The highest BCUT2D eigenvalue weighted by Gasteiger charge is 2.21. The van der Waals surface area contributed by atoms with E-state index in [0.29, 0.717) is 4.57 Å². The molecule has 0 aromatic carbocycles. The normalized spacial score (nSPS) is 13.1. The largest absolute Gasteiger partial charge is 0.394 e. The summed E-state index contributed by atoms with van der Waals surface area (Å²) in [5, 5.41) is 9.01. The minimum Gasteiger partial charge on any atom is -0.394 e. The predicted octanol–water partition coefficient (Wildman–Crippen LogP) is -1.61. The van der Waals surface area contributed by atoms with Gasteiger partial charge in [-0.3, -0.25) is 19.1 Å². The second kappa shape index (κ2) is 6.92. The smallest absolute Gasteiger partial charge is 0.350 e. The van der Waals surface area contributed by atoms with E-state index in [-0.39, 0.29) is 5.56 Å². The van der Waals surface area contributed by atoms with E-state index < -0.39 is 50.2 Å². The van der Waals surface area contributed by atoms with Crippen LogP contribution < -0.4 is 11.2 Å². The fraction of sp³-hybridized carbons (Fsp3) is 0.500. The van der Waals surface area contributed by atoms with E-state index in [2.05, 4.69) is 0 Å². The highest BCUT2D eigenvalue weighted by atomic mass is 31.2. The van der Waals surface area contributed by atoms with Crippen LogP contribution in [0.15, 0.2) is 15.8 Å². The fourth-order valence-corrected chi connectivity index (χ4v) is 1.83. The number of nitrogens with zero attached hydrogens (tertiary/aromatic N) is 1. The zero-order chi connectivity index (χ0) is 16.2. The van der Waals surface area contributed by atoms with Gasteiger partial charge in [0.05, 0.1) is 19.1 Å². The van der Waals surface area contributed by atoms with Crippen molar-refractivity contribution in [3.63, 3.8) is 0 Å². The topological polar surface area (TPSA) is 159 Å². The number of carbonyl (C=O) groups excluding carboxylic acids is 1. The van der Waals surface area contributed by atoms with E-state index in [9.17, 15) is 18.9 Å². The van der Waals surface area contributed by atoms with Gasteiger partial charge in [-0.15, -0.1) is 0 Å². The first-order valence-corrected chi connectivity index (χ1v) is 7.56. The molecule has 0 saturated carbocycles. The van der Waals surface area contributed by atoms with Crippen molar-refractivity contribution in [2.24, 2.45) is 0 Å². The third-order valence-electron chi connectivity index (χ3n) is 2.47. The number of aromatic amines is 1. The average Bonchev–Trinajstić information content (AvgIpc) is 2.37. The van der Waals surface area contributed by atoms with E-state index in [1.807, 2.05) is 4.98 Å². The summed E-state index contributed by atoms with van der Waals surface area (Å²) in [5.74, 6) is -0.788. The first-order valence-electron chi connectivity index (χ1n) is 5.77. The van der Waals surface area contributed by atoms with Crippen molar-refractivity contribution in [2.45, 2.75) is 19.4 Å². The summed E-state index contributed by atoms with van der Waals surface area (Å²) in [7, 11) is -4.43. The number of H-pyrrole nitrogens is 1. The van der Waals surface area contributed by atoms with Crippen LogP contribution in [0.3, 0.4) is 0 Å². The van der Waals surface area contributed by atoms with Gasteiger partial charge in [-0.1, -0.05) is 0 Å². The summed E-state index contributed by atoms with van der Waals surface area (Å²) in [6, 6.07) is 0. The summed E-state index contributed by atoms with van der Waals surface area (Å²) in [6.45, 7) is 0.735. The molecule has 0 spiro atoms. The van der Waals surface area contributed by atoms with Gasteiger partial charge < -0.3 is 19.6 Å². The van der Waals surface area contributed by atoms with Crippen LogP contribution in [0.5, 0.6) is 0 Å². The van der Waals surface area contributed by atoms with E-state index >= 15 is 0 Å². The molecule has 1 aromatic rings. The third kappa shape index (κ3) is 5.37. The molecule has 1 atom stereocenters. The number of aliphatic hydroxyl groups excluding tert-OH is 1. The van der Waals surface area contributed by atoms with Crippen molar-refractivity contribution < 1.29 is 29.0 Å². The van der Waals surface area contributed by atoms with Crippen LogP contribution in [-0.2, 0) is 9.30 Å². The third-order valence-corrected chi connectivity index (χ3v) is 2.96. The molecule has 1 heterocycles. The summed E-state index contributed by atoms with van der Waals surface area (Å²) < 4.78 is 16.0. The lowest BCUT2D eigenvalue weighted by atomic mass is 10.2. The monoisotopic (exact) mass is 322 g/mol. The maximum absolute atomic E-state index is 11.9. The number of rotatable bonds is 6. The molecule has 0 unspecified atom stereocenters. The molecule has 0 saturated heterocycles. The molecule has 10 nitrogen and oxygen atoms in total. The summed E-state index contributed by atoms with van der Waals surface area (Å²) >= 11 is 0. The minimum absolute atomic E-state index is 0.139. The SMILES string of the molecule is Cc1cn(C(=O)C[C@H](CO)OCP(=O)(O)O)c(=O)[nH]c1=O. The predicted molar refractivity (Wildman–Crippen MR) is 70.2 cm³/mol. The van der Waals surface area contributed by atoms with Crippen molar-refractivity contribution in [1.29, 1.82) is 0 Å². The number of aliphatic hydroxyl groups is 1. The first-order chi connectivity index (χ1) is 9.64. The quantitative estimate of drug-likeness (QED) is 0.455. The Morgan fingerprint density at radius 3 is 2.62 bits per heavy atom. The van der Waals surface area contributed by atoms with Crippen molar-refractivity contribution >= 4 is 13.5 Å². The molecular formula is C10H15N2O8P. The van der Waals surface area contributed by atoms with Crippen LogP contribution in [0.2, 0.25) is 0 Å². The summed E-state index contributed by atoms with van der Waals surface area (Å²) in [6.07, 6.45) is -1.57. The summed E-state index contributed by atoms with van der Waals surface area (Å²) in [4.78, 5) is 53.8. The number of hydrogen-bond donors (Lipinski definition) is 4. The first kappa shape index (κ1) is 17.5. The molecule has 0 radical (unpaired) electrons. The fourth-order valence-electron chi connectivity index (χ4n) is 1.42. The van der Waals surface area contributed by atoms with Gasteiger partial charge in [0.25, 0.3) is 5.56 Å². The van der Waals surface area contributed by atoms with Crippen molar-refractivity contribution in [2.75, 3.05) is 13.0 Å². The minimum atomic E-state index is -4.43. The Bertz CT molecular complexity index is 672. The number of hydrogen-bond acceptors (Lipinski definition) is 6. The Morgan fingerprint density at radius 1 is 1.48 bits per heavy atom. The van der Waals surface area contributed by atoms with Crippen LogP contribution >= 0.6 is 7.60 Å². The second-order valence-electron chi connectivity index (χ2n) is 4.30. The van der Waals surface area contributed by atoms with E-state index in [1.54, 1.807) is 0 Å². The molecule has 0 aliphatic carbocycles. The zero-order valence-corrected chi connectivity index (χ0v) is 11.9. The van der Waals surface area contributed by atoms with Crippen LogP contribution in [0.25, 0.3) is 0 Å². The molecular weight excluding hydrogens is 307 g/mol. The van der Waals surface area contributed by atoms with Gasteiger partial charge in [-0.05, 0) is 6.92 Å². The van der Waals surface area contributed by atoms with Gasteiger partial charge in [0.2, 0.25) is 5.91 Å². The standard InChI is InChI=1S/C10H15N2O8P/c1-6-3-12(10(16)11-9(6)15)8(14)2-7(4-13)20-5-21(17,18)19/h3,7,13H,2,4-5H2,1H3,(H,11,15,16)(H2,17,18,19)/t7-/m1/s1. The molecule has 0 aliphatic heterocycles. The molecule has 4 N–H and O–H groups in total. The van der Waals surface area contributed by atoms with E-state index in [4.69, 9.17) is 19.6 Å². The van der Waals surface area contributed by atoms with Crippen LogP contribution in [-0.4, -0.2) is 49.4 Å². The highest BCUT2D eigenvalue weighted by Crippen LogP contribution is 2.34. The zero-order valence-electron chi connectivity index (χ0n) is 11.1. The molecule has 11 heteroatoms. The van der Waals surface area contributed by atoms with Gasteiger partial charge in [-0.2, -0.15) is 0 Å². The number of carbonyl (C=O) groups is 1. The second-order valence-corrected chi connectivity index (χ2v) is 5.89. The molecule has 0 bridgehead atoms. The molecule has 1 aromatic heterocycles. The highest BCUT2D eigenvalue weighted by molar-refractivity contribution is 7.51. The number of ether oxygens (including phenoxy) is 1. The Morgan fingerprint density at radius 2 is 2.10 bits per heavy atom. The van der Waals surface area contributed by atoms with E-state index in [0.717, 1.165) is 6.20 Å². The number of nitrogens with one attached hydrogen (secondary N) is 1. The van der Waals surface area contributed by atoms with Gasteiger partial charge in [0, 0.05) is 11.8 Å². The molecule has 0 fully saturated rings. The van der Waals surface area contributed by atoms with Crippen LogP contribution in [0.4, 0.5) is 0 Å². The van der Waals surface area contributed by atoms with Crippen LogP contribution in [0, 0.1) is 6.92 Å². The molecule has 21 heavy (non-hydrogen) atoms. The maximum atomic E-state index is 11.9. The van der Waals surface area contributed by atoms with Gasteiger partial charge in [0.15, 0.2) is 0 Å². The molecule has 118 valence electrons. The van der Waals surface area contributed by atoms with Crippen molar-refractivity contribution in [3.8, 4) is 0 Å². The van der Waals surface area contributed by atoms with Gasteiger partial charge in [0.1, 0.15) is 6.35 Å². The van der Waals surface area contributed by atoms with Gasteiger partial charge in [-0.25, -0.2) is 9.36 Å².